The Morgan fingerprint density at radius 1 is 1.69 bits per heavy atom. The van der Waals surface area contributed by atoms with Crippen molar-refractivity contribution in [1.82, 2.24) is 9.55 Å². The number of nitrogens with zero attached hydrogens (tertiary/aromatic N) is 2. The lowest BCUT2D eigenvalue weighted by Gasteiger charge is -2.24. The zero-order chi connectivity index (χ0) is 9.42. The van der Waals surface area contributed by atoms with Gasteiger partial charge >= 0.3 is 0 Å². The van der Waals surface area contributed by atoms with Gasteiger partial charge in [-0.05, 0) is 46.8 Å². The van der Waals surface area contributed by atoms with Crippen molar-refractivity contribution in [1.29, 1.82) is 0 Å². The third-order valence-electron chi connectivity index (χ3n) is 2.51. The lowest BCUT2D eigenvalue weighted by molar-refractivity contribution is 0.409. The van der Waals surface area contributed by atoms with E-state index in [0.29, 0.717) is 17.9 Å². The maximum Gasteiger partial charge on any atom is 0.204 e. The molecule has 1 aliphatic heterocycles. The number of fused-ring (bicyclic) bond motifs is 1. The van der Waals surface area contributed by atoms with Crippen LogP contribution in [0, 0.1) is 0 Å². The zero-order valence-electron chi connectivity index (χ0n) is 7.13. The van der Waals surface area contributed by atoms with E-state index in [2.05, 4.69) is 25.5 Å². The molecule has 1 aromatic rings. The average Bonchev–Trinajstić information content (AvgIpc) is 2.43. The molecule has 2 heterocycles. The second-order valence-corrected chi connectivity index (χ2v) is 4.36. The van der Waals surface area contributed by atoms with Crippen LogP contribution in [-0.4, -0.2) is 16.1 Å². The number of rotatable bonds is 1. The van der Waals surface area contributed by atoms with Crippen LogP contribution in [0.2, 0.25) is 5.28 Å². The summed E-state index contributed by atoms with van der Waals surface area (Å²) in [5.41, 5.74) is 6.86. The van der Waals surface area contributed by atoms with Crippen molar-refractivity contribution in [2.75, 3.05) is 6.54 Å². The summed E-state index contributed by atoms with van der Waals surface area (Å²) in [5, 5.41) is 0.553. The summed E-state index contributed by atoms with van der Waals surface area (Å²) < 4.78 is 2.92. The van der Waals surface area contributed by atoms with Gasteiger partial charge in [0.2, 0.25) is 5.28 Å². The second-order valence-electron chi connectivity index (χ2n) is 3.27. The van der Waals surface area contributed by atoms with Crippen molar-refractivity contribution in [2.45, 2.75) is 25.3 Å². The molecule has 2 rings (SSSR count). The summed E-state index contributed by atoms with van der Waals surface area (Å²) >= 11 is 9.41. The van der Waals surface area contributed by atoms with Gasteiger partial charge in [0.25, 0.3) is 0 Å². The second kappa shape index (κ2) is 3.59. The van der Waals surface area contributed by atoms with Crippen LogP contribution < -0.4 is 5.73 Å². The van der Waals surface area contributed by atoms with Crippen molar-refractivity contribution in [3.8, 4) is 0 Å². The van der Waals surface area contributed by atoms with Gasteiger partial charge in [0, 0.05) is 12.6 Å². The first-order valence-corrected chi connectivity index (χ1v) is 5.53. The minimum absolute atomic E-state index is 0.329. The molecule has 0 radical (unpaired) electrons. The monoisotopic (exact) mass is 263 g/mol. The van der Waals surface area contributed by atoms with Crippen molar-refractivity contribution in [3.05, 3.63) is 15.6 Å². The third kappa shape index (κ3) is 1.51. The molecule has 1 unspecified atom stereocenters. The molecule has 0 spiro atoms. The van der Waals surface area contributed by atoms with Crippen molar-refractivity contribution < 1.29 is 0 Å². The maximum atomic E-state index is 6.00. The predicted octanol–water partition coefficient (Wildman–Crippen LogP) is 2.14. The molecule has 0 bridgehead atoms. The largest absolute Gasteiger partial charge is 0.328 e. The van der Waals surface area contributed by atoms with Crippen LogP contribution in [-0.2, 0) is 6.42 Å². The number of nitrogens with two attached hydrogens (primary N) is 1. The van der Waals surface area contributed by atoms with Gasteiger partial charge in [-0.15, -0.1) is 0 Å². The quantitative estimate of drug-likeness (QED) is 0.844. The minimum atomic E-state index is 0.329. The number of hydrogen-bond acceptors (Lipinski definition) is 2. The van der Waals surface area contributed by atoms with Crippen LogP contribution in [0.15, 0.2) is 4.60 Å². The molecular weight excluding hydrogens is 253 g/mol. The average molecular weight is 265 g/mol. The smallest absolute Gasteiger partial charge is 0.204 e. The third-order valence-corrected chi connectivity index (χ3v) is 3.41. The van der Waals surface area contributed by atoms with Gasteiger partial charge in [-0.2, -0.15) is 0 Å². The highest BCUT2D eigenvalue weighted by Gasteiger charge is 2.24. The van der Waals surface area contributed by atoms with E-state index in [1.54, 1.807) is 0 Å². The molecule has 72 valence electrons. The van der Waals surface area contributed by atoms with Crippen LogP contribution in [0.1, 0.15) is 24.6 Å². The van der Waals surface area contributed by atoms with E-state index in [1.165, 1.54) is 12.1 Å². The maximum absolute atomic E-state index is 6.00. The fraction of sp³-hybridized carbons (Fsp3) is 0.625. The van der Waals surface area contributed by atoms with Crippen LogP contribution in [0.4, 0.5) is 0 Å². The Balaban J connectivity index is 2.48. The molecule has 0 saturated heterocycles. The van der Waals surface area contributed by atoms with Gasteiger partial charge in [-0.25, -0.2) is 4.98 Å². The summed E-state index contributed by atoms with van der Waals surface area (Å²) in [7, 11) is 0. The highest BCUT2D eigenvalue weighted by Crippen LogP contribution is 2.32. The molecule has 5 heteroatoms. The summed E-state index contributed by atoms with van der Waals surface area (Å²) in [5.74, 6) is 0. The van der Waals surface area contributed by atoms with E-state index in [9.17, 15) is 0 Å². The molecule has 1 aromatic heterocycles. The molecular formula is C8H11BrClN3. The van der Waals surface area contributed by atoms with Gasteiger partial charge < -0.3 is 10.3 Å². The fourth-order valence-electron chi connectivity index (χ4n) is 1.86. The molecule has 13 heavy (non-hydrogen) atoms. The van der Waals surface area contributed by atoms with E-state index in [0.717, 1.165) is 17.4 Å². The minimum Gasteiger partial charge on any atom is -0.328 e. The molecule has 0 amide bonds. The van der Waals surface area contributed by atoms with Gasteiger partial charge in [-0.3, -0.25) is 0 Å². The Kier molecular flexibility index (Phi) is 2.62. The Hall–Kier alpha value is -0.0600. The van der Waals surface area contributed by atoms with E-state index in [1.807, 2.05) is 0 Å². The fourth-order valence-corrected chi connectivity index (χ4v) is 2.85. The first-order valence-electron chi connectivity index (χ1n) is 4.36. The predicted molar refractivity (Wildman–Crippen MR) is 56.0 cm³/mol. The van der Waals surface area contributed by atoms with E-state index < -0.39 is 0 Å². The van der Waals surface area contributed by atoms with Crippen LogP contribution in [0.3, 0.4) is 0 Å². The van der Waals surface area contributed by atoms with Crippen molar-refractivity contribution in [2.24, 2.45) is 5.73 Å². The molecule has 0 saturated carbocycles. The van der Waals surface area contributed by atoms with Crippen molar-refractivity contribution >= 4 is 27.5 Å². The highest BCUT2D eigenvalue weighted by molar-refractivity contribution is 9.10. The van der Waals surface area contributed by atoms with E-state index in [4.69, 9.17) is 17.3 Å². The van der Waals surface area contributed by atoms with Gasteiger partial charge in [0.15, 0.2) is 0 Å². The SMILES string of the molecule is NCC1CCCc2c(Br)nc(Cl)n21. The highest BCUT2D eigenvalue weighted by atomic mass is 79.9. The summed E-state index contributed by atoms with van der Waals surface area (Å²) in [6.07, 6.45) is 3.31. The topological polar surface area (TPSA) is 43.8 Å². The van der Waals surface area contributed by atoms with Gasteiger partial charge in [0.05, 0.1) is 5.69 Å². The molecule has 3 nitrogen and oxygen atoms in total. The molecule has 0 aromatic carbocycles. The Morgan fingerprint density at radius 3 is 3.15 bits per heavy atom. The number of aromatic nitrogens is 2. The Labute approximate surface area is 90.4 Å². The lowest BCUT2D eigenvalue weighted by Crippen LogP contribution is -2.24. The standard InChI is InChI=1S/C8H11BrClN3/c9-7-6-3-1-2-5(4-11)13(6)8(10)12-7/h5H,1-4,11H2. The van der Waals surface area contributed by atoms with E-state index >= 15 is 0 Å². The summed E-state index contributed by atoms with van der Waals surface area (Å²) in [6, 6.07) is 0.329. The van der Waals surface area contributed by atoms with E-state index in [-0.39, 0.29) is 0 Å². The molecule has 2 N–H and O–H groups in total. The molecule has 0 fully saturated rings. The van der Waals surface area contributed by atoms with Gasteiger partial charge in [-0.1, -0.05) is 0 Å². The number of imidazole rings is 1. The molecule has 1 aliphatic rings. The van der Waals surface area contributed by atoms with Crippen molar-refractivity contribution in [3.63, 3.8) is 0 Å². The number of halogens is 2. The zero-order valence-corrected chi connectivity index (χ0v) is 9.48. The van der Waals surface area contributed by atoms with Crippen LogP contribution >= 0.6 is 27.5 Å². The van der Waals surface area contributed by atoms with Crippen LogP contribution in [0.5, 0.6) is 0 Å². The first-order chi connectivity index (χ1) is 6.24. The molecule has 0 aliphatic carbocycles. The van der Waals surface area contributed by atoms with Gasteiger partial charge in [0.1, 0.15) is 4.60 Å². The first kappa shape index (κ1) is 9.49. The molecule has 1 atom stereocenters. The number of hydrogen-bond donors (Lipinski definition) is 1. The Morgan fingerprint density at radius 2 is 2.46 bits per heavy atom. The Bertz CT molecular complexity index is 323. The van der Waals surface area contributed by atoms with Crippen LogP contribution in [0.25, 0.3) is 0 Å². The summed E-state index contributed by atoms with van der Waals surface area (Å²) in [4.78, 5) is 4.18. The normalized spacial score (nSPS) is 21.6. The summed E-state index contributed by atoms with van der Waals surface area (Å²) in [6.45, 7) is 0.634. The lowest BCUT2D eigenvalue weighted by atomic mass is 10.0.